The molecule has 0 radical (unpaired) electrons. The average molecular weight is 273 g/mol. The number of ketones is 2. The first-order valence-electron chi connectivity index (χ1n) is 6.29. The number of benzene rings is 1. The van der Waals surface area contributed by atoms with Gasteiger partial charge in [0.25, 0.3) is 0 Å². The molecule has 0 aliphatic heterocycles. The van der Waals surface area contributed by atoms with Crippen molar-refractivity contribution >= 4 is 17.5 Å². The summed E-state index contributed by atoms with van der Waals surface area (Å²) < 4.78 is 4.99. The van der Waals surface area contributed by atoms with E-state index in [0.717, 1.165) is 0 Å². The Labute approximate surface area is 116 Å². The first-order valence-corrected chi connectivity index (χ1v) is 6.29. The number of carbonyl (C=O) groups is 3. The summed E-state index contributed by atoms with van der Waals surface area (Å²) in [7, 11) is 0. The molecule has 1 aliphatic rings. The summed E-state index contributed by atoms with van der Waals surface area (Å²) >= 11 is 0. The lowest BCUT2D eigenvalue weighted by atomic mass is 9.91. The monoisotopic (exact) mass is 273 g/mol. The summed E-state index contributed by atoms with van der Waals surface area (Å²) in [5.41, 5.74) is 0.652. The van der Waals surface area contributed by atoms with E-state index in [4.69, 9.17) is 4.74 Å². The highest BCUT2D eigenvalue weighted by molar-refractivity contribution is 6.25. The van der Waals surface area contributed by atoms with Crippen molar-refractivity contribution in [2.75, 3.05) is 0 Å². The number of esters is 1. The van der Waals surface area contributed by atoms with Gasteiger partial charge < -0.3 is 10.1 Å². The van der Waals surface area contributed by atoms with E-state index in [9.17, 15) is 14.4 Å². The highest BCUT2D eigenvalue weighted by atomic mass is 16.5. The quantitative estimate of drug-likeness (QED) is 0.672. The molecule has 1 aliphatic carbocycles. The van der Waals surface area contributed by atoms with Crippen molar-refractivity contribution < 1.29 is 19.1 Å². The smallest absolute Gasteiger partial charge is 0.308 e. The van der Waals surface area contributed by atoms with Crippen LogP contribution in [0, 0.1) is 0 Å². The van der Waals surface area contributed by atoms with Gasteiger partial charge in [-0.2, -0.15) is 0 Å². The van der Waals surface area contributed by atoms with Crippen LogP contribution in [0.5, 0.6) is 5.75 Å². The number of hydrogen-bond acceptors (Lipinski definition) is 5. The van der Waals surface area contributed by atoms with Gasteiger partial charge in [0, 0.05) is 24.6 Å². The summed E-state index contributed by atoms with van der Waals surface area (Å²) in [6.45, 7) is 5.00. The fourth-order valence-corrected chi connectivity index (χ4v) is 2.05. The van der Waals surface area contributed by atoms with Gasteiger partial charge in [-0.3, -0.25) is 14.4 Å². The number of hydrogen-bond donors (Lipinski definition) is 1. The van der Waals surface area contributed by atoms with E-state index in [2.05, 4.69) is 5.32 Å². The molecule has 20 heavy (non-hydrogen) atoms. The highest BCUT2D eigenvalue weighted by Crippen LogP contribution is 2.29. The minimum Gasteiger partial charge on any atom is -0.426 e. The number of ether oxygens (including phenoxy) is 1. The van der Waals surface area contributed by atoms with Gasteiger partial charge in [0.15, 0.2) is 5.78 Å². The first kappa shape index (κ1) is 14.0. The fraction of sp³-hybridized carbons (Fsp3) is 0.267. The number of rotatable bonds is 3. The minimum atomic E-state index is -0.534. The van der Waals surface area contributed by atoms with Crippen LogP contribution < -0.4 is 10.1 Å². The summed E-state index contributed by atoms with van der Waals surface area (Å²) in [6.07, 6.45) is 1.25. The number of nitrogens with one attached hydrogen (secondary N) is 1. The molecule has 0 saturated heterocycles. The largest absolute Gasteiger partial charge is 0.426 e. The second-order valence-corrected chi connectivity index (χ2v) is 4.82. The Balaban J connectivity index is 2.48. The van der Waals surface area contributed by atoms with Gasteiger partial charge in [0.1, 0.15) is 5.75 Å². The van der Waals surface area contributed by atoms with E-state index in [1.165, 1.54) is 19.1 Å². The molecule has 5 nitrogen and oxygen atoms in total. The third-order valence-corrected chi connectivity index (χ3v) is 2.74. The molecule has 0 aromatic heterocycles. The first-order chi connectivity index (χ1) is 9.40. The molecule has 1 aromatic carbocycles. The summed E-state index contributed by atoms with van der Waals surface area (Å²) in [5, 5.41) is 2.95. The minimum absolute atomic E-state index is 0.0382. The number of fused-ring (bicyclic) bond motifs is 1. The van der Waals surface area contributed by atoms with Crippen molar-refractivity contribution in [3.05, 3.63) is 41.1 Å². The van der Waals surface area contributed by atoms with Crippen molar-refractivity contribution in [3.8, 4) is 5.75 Å². The van der Waals surface area contributed by atoms with Gasteiger partial charge in [-0.05, 0) is 26.0 Å². The maximum Gasteiger partial charge on any atom is 0.308 e. The molecular weight excluding hydrogens is 258 g/mol. The second kappa shape index (κ2) is 5.28. The third-order valence-electron chi connectivity index (χ3n) is 2.74. The van der Waals surface area contributed by atoms with Crippen molar-refractivity contribution in [3.63, 3.8) is 0 Å². The number of allylic oxidation sites excluding steroid dienone is 2. The van der Waals surface area contributed by atoms with Crippen LogP contribution in [-0.4, -0.2) is 23.6 Å². The van der Waals surface area contributed by atoms with Gasteiger partial charge in [0.2, 0.25) is 5.78 Å². The van der Waals surface area contributed by atoms with Gasteiger partial charge in [0.05, 0.1) is 11.3 Å². The van der Waals surface area contributed by atoms with Gasteiger partial charge >= 0.3 is 5.97 Å². The Hall–Kier alpha value is -2.43. The lowest BCUT2D eigenvalue weighted by Crippen LogP contribution is -2.31. The Morgan fingerprint density at radius 2 is 1.95 bits per heavy atom. The Morgan fingerprint density at radius 3 is 2.55 bits per heavy atom. The molecule has 0 amide bonds. The third kappa shape index (κ3) is 2.61. The van der Waals surface area contributed by atoms with Crippen LogP contribution >= 0.6 is 0 Å². The summed E-state index contributed by atoms with van der Waals surface area (Å²) in [6, 6.07) is 4.68. The normalized spacial score (nSPS) is 13.9. The van der Waals surface area contributed by atoms with Crippen LogP contribution in [0.2, 0.25) is 0 Å². The van der Waals surface area contributed by atoms with Crippen molar-refractivity contribution in [1.82, 2.24) is 5.32 Å². The van der Waals surface area contributed by atoms with Gasteiger partial charge in [-0.15, -0.1) is 0 Å². The molecule has 104 valence electrons. The summed E-state index contributed by atoms with van der Waals surface area (Å²) in [5.74, 6) is -1.04. The van der Waals surface area contributed by atoms with E-state index >= 15 is 0 Å². The molecule has 0 bridgehead atoms. The van der Waals surface area contributed by atoms with E-state index in [1.54, 1.807) is 12.1 Å². The molecular formula is C15H15NO4. The predicted molar refractivity (Wildman–Crippen MR) is 72.8 cm³/mol. The molecule has 0 unspecified atom stereocenters. The predicted octanol–water partition coefficient (Wildman–Crippen LogP) is 1.87. The Morgan fingerprint density at radius 1 is 1.25 bits per heavy atom. The van der Waals surface area contributed by atoms with E-state index in [-0.39, 0.29) is 40.2 Å². The number of carbonyl (C=O) groups excluding carboxylic acids is 3. The fourth-order valence-electron chi connectivity index (χ4n) is 2.05. The van der Waals surface area contributed by atoms with Crippen LogP contribution in [0.25, 0.3) is 0 Å². The van der Waals surface area contributed by atoms with E-state index in [0.29, 0.717) is 0 Å². The molecule has 0 saturated carbocycles. The van der Waals surface area contributed by atoms with Crippen LogP contribution in [0.3, 0.4) is 0 Å². The SMILES string of the molecule is CC(=O)Oc1cccc2c1C(=O)C=C(NC(C)C)C2=O. The molecule has 0 atom stereocenters. The second-order valence-electron chi connectivity index (χ2n) is 4.82. The average Bonchev–Trinajstić information content (AvgIpc) is 2.34. The lowest BCUT2D eigenvalue weighted by Gasteiger charge is -2.19. The van der Waals surface area contributed by atoms with E-state index in [1.807, 2.05) is 13.8 Å². The van der Waals surface area contributed by atoms with Crippen molar-refractivity contribution in [2.24, 2.45) is 0 Å². The molecule has 1 aromatic rings. The summed E-state index contributed by atoms with van der Waals surface area (Å²) in [4.78, 5) is 35.5. The van der Waals surface area contributed by atoms with Crippen molar-refractivity contribution in [2.45, 2.75) is 26.8 Å². The van der Waals surface area contributed by atoms with Crippen LogP contribution in [0.1, 0.15) is 41.5 Å². The highest BCUT2D eigenvalue weighted by Gasteiger charge is 2.29. The standard InChI is InChI=1S/C15H15NO4/c1-8(2)16-11-7-12(18)14-10(15(11)19)5-4-6-13(14)20-9(3)17/h4-8,16H,1-3H3. The molecule has 5 heteroatoms. The molecule has 0 spiro atoms. The van der Waals surface area contributed by atoms with Crippen LogP contribution in [-0.2, 0) is 4.79 Å². The van der Waals surface area contributed by atoms with Gasteiger partial charge in [-0.1, -0.05) is 6.07 Å². The molecule has 0 fully saturated rings. The molecule has 0 heterocycles. The molecule has 2 rings (SSSR count). The van der Waals surface area contributed by atoms with Crippen LogP contribution in [0.15, 0.2) is 30.0 Å². The maximum atomic E-state index is 12.3. The number of Topliss-reactive ketones (excluding diaryl/α,β-unsaturated/α-hetero) is 1. The lowest BCUT2D eigenvalue weighted by molar-refractivity contribution is -0.131. The Bertz CT molecular complexity index is 629. The van der Waals surface area contributed by atoms with Crippen molar-refractivity contribution in [1.29, 1.82) is 0 Å². The van der Waals surface area contributed by atoms with Gasteiger partial charge in [-0.25, -0.2) is 0 Å². The zero-order chi connectivity index (χ0) is 14.9. The molecule has 1 N–H and O–H groups in total. The Kier molecular flexibility index (Phi) is 3.70. The van der Waals surface area contributed by atoms with Crippen LogP contribution in [0.4, 0.5) is 0 Å². The maximum absolute atomic E-state index is 12.3. The zero-order valence-electron chi connectivity index (χ0n) is 11.5. The topological polar surface area (TPSA) is 72.5 Å². The van der Waals surface area contributed by atoms with E-state index < -0.39 is 5.97 Å². The zero-order valence-corrected chi connectivity index (χ0v) is 11.5.